The second kappa shape index (κ2) is 7.13. The maximum atomic E-state index is 12.0. The van der Waals surface area contributed by atoms with E-state index in [0.29, 0.717) is 5.56 Å². The van der Waals surface area contributed by atoms with E-state index in [0.717, 1.165) is 18.8 Å². The summed E-state index contributed by atoms with van der Waals surface area (Å²) >= 11 is 0. The lowest BCUT2D eigenvalue weighted by molar-refractivity contribution is 0.0591. The molecule has 1 aromatic heterocycles. The van der Waals surface area contributed by atoms with E-state index >= 15 is 0 Å². The largest absolute Gasteiger partial charge is 0.383 e. The van der Waals surface area contributed by atoms with Crippen LogP contribution in [0, 0.1) is 5.92 Å². The number of nitrogens with zero attached hydrogens (tertiary/aromatic N) is 2. The topological polar surface area (TPSA) is 79.2 Å². The van der Waals surface area contributed by atoms with Crippen LogP contribution in [0.2, 0.25) is 0 Å². The van der Waals surface area contributed by atoms with Gasteiger partial charge in [-0.3, -0.25) is 4.68 Å². The summed E-state index contributed by atoms with van der Waals surface area (Å²) in [6.07, 6.45) is 9.07. The predicted molar refractivity (Wildman–Crippen MR) is 85.4 cm³/mol. The van der Waals surface area contributed by atoms with Crippen LogP contribution in [-0.2, 0) is 12.6 Å². The van der Waals surface area contributed by atoms with Gasteiger partial charge in [0.25, 0.3) is 0 Å². The molecule has 3 N–H and O–H groups in total. The Bertz CT molecular complexity index is 490. The number of hydrogen-bond acceptors (Lipinski definition) is 3. The van der Waals surface area contributed by atoms with Gasteiger partial charge in [-0.05, 0) is 38.5 Å². The Morgan fingerprint density at radius 1 is 1.45 bits per heavy atom. The first-order valence-corrected chi connectivity index (χ1v) is 8.16. The van der Waals surface area contributed by atoms with E-state index in [1.165, 1.54) is 19.3 Å². The van der Waals surface area contributed by atoms with Gasteiger partial charge in [-0.15, -0.1) is 0 Å². The molecule has 0 saturated heterocycles. The van der Waals surface area contributed by atoms with Gasteiger partial charge < -0.3 is 15.7 Å². The van der Waals surface area contributed by atoms with Gasteiger partial charge in [-0.1, -0.05) is 13.3 Å². The normalized spacial score (nSPS) is 24.5. The highest BCUT2D eigenvalue weighted by Gasteiger charge is 2.26. The summed E-state index contributed by atoms with van der Waals surface area (Å²) in [5, 5.41) is 20.2. The van der Waals surface area contributed by atoms with Gasteiger partial charge in [-0.25, -0.2) is 4.79 Å². The minimum Gasteiger partial charge on any atom is -0.383 e. The van der Waals surface area contributed by atoms with Crippen molar-refractivity contribution in [3.8, 4) is 0 Å². The fourth-order valence-corrected chi connectivity index (χ4v) is 3.01. The summed E-state index contributed by atoms with van der Waals surface area (Å²) < 4.78 is 1.63. The van der Waals surface area contributed by atoms with Crippen LogP contribution in [0.25, 0.3) is 0 Å². The molecule has 124 valence electrons. The van der Waals surface area contributed by atoms with Crippen molar-refractivity contribution in [1.82, 2.24) is 20.4 Å². The van der Waals surface area contributed by atoms with Gasteiger partial charge in [0.1, 0.15) is 5.60 Å². The molecule has 2 rings (SSSR count). The van der Waals surface area contributed by atoms with Gasteiger partial charge >= 0.3 is 6.03 Å². The standard InChI is InChI=1S/C16H28N4O2/c1-4-12-5-7-14(8-6-12)19-15(21)17-11-16(2,22)13-9-18-20(3)10-13/h9-10,12,14,22H,4-8,11H2,1-3H3,(H2,17,19,21). The minimum absolute atomic E-state index is 0.162. The van der Waals surface area contributed by atoms with Crippen molar-refractivity contribution in [2.75, 3.05) is 6.54 Å². The maximum absolute atomic E-state index is 12.0. The Labute approximate surface area is 132 Å². The fraction of sp³-hybridized carbons (Fsp3) is 0.750. The number of carbonyl (C=O) groups excluding carboxylic acids is 1. The Morgan fingerprint density at radius 3 is 2.68 bits per heavy atom. The van der Waals surface area contributed by atoms with Crippen molar-refractivity contribution >= 4 is 6.03 Å². The number of amides is 2. The van der Waals surface area contributed by atoms with Crippen molar-refractivity contribution < 1.29 is 9.90 Å². The lowest BCUT2D eigenvalue weighted by atomic mass is 9.85. The van der Waals surface area contributed by atoms with E-state index in [1.54, 1.807) is 31.0 Å². The third kappa shape index (κ3) is 4.47. The lowest BCUT2D eigenvalue weighted by Gasteiger charge is -2.29. The SMILES string of the molecule is CCC1CCC(NC(=O)NCC(C)(O)c2cnn(C)c2)CC1. The van der Waals surface area contributed by atoms with Crippen LogP contribution >= 0.6 is 0 Å². The molecule has 1 unspecified atom stereocenters. The van der Waals surface area contributed by atoms with Crippen LogP contribution in [0.4, 0.5) is 4.79 Å². The van der Waals surface area contributed by atoms with E-state index in [1.807, 2.05) is 0 Å². The molecule has 2 amide bonds. The molecule has 1 atom stereocenters. The molecule has 1 saturated carbocycles. The van der Waals surface area contributed by atoms with Crippen molar-refractivity contribution in [2.24, 2.45) is 13.0 Å². The molecule has 1 heterocycles. The molecule has 1 aliphatic carbocycles. The Kier molecular flexibility index (Phi) is 5.45. The number of urea groups is 1. The predicted octanol–water partition coefficient (Wildman–Crippen LogP) is 1.90. The Morgan fingerprint density at radius 2 is 2.14 bits per heavy atom. The molecule has 1 aliphatic rings. The highest BCUT2D eigenvalue weighted by atomic mass is 16.3. The molecule has 0 spiro atoms. The second-order valence-electron chi connectivity index (χ2n) is 6.63. The van der Waals surface area contributed by atoms with E-state index in [4.69, 9.17) is 0 Å². The molecule has 0 bridgehead atoms. The number of rotatable bonds is 5. The van der Waals surface area contributed by atoms with Gasteiger partial charge in [-0.2, -0.15) is 5.10 Å². The zero-order valence-electron chi connectivity index (χ0n) is 13.8. The molecule has 1 aromatic rings. The quantitative estimate of drug-likeness (QED) is 0.777. The first-order valence-electron chi connectivity index (χ1n) is 8.16. The smallest absolute Gasteiger partial charge is 0.315 e. The fourth-order valence-electron chi connectivity index (χ4n) is 3.01. The first kappa shape index (κ1) is 16.8. The summed E-state index contributed by atoms with van der Waals surface area (Å²) in [6.45, 7) is 4.07. The molecule has 22 heavy (non-hydrogen) atoms. The molecule has 1 fully saturated rings. The number of aryl methyl sites for hydroxylation is 1. The van der Waals surface area contributed by atoms with Crippen LogP contribution in [0.15, 0.2) is 12.4 Å². The zero-order chi connectivity index (χ0) is 16.2. The van der Waals surface area contributed by atoms with Crippen LogP contribution in [0.1, 0.15) is 51.5 Å². The number of hydrogen-bond donors (Lipinski definition) is 3. The third-order valence-corrected chi connectivity index (χ3v) is 4.68. The molecule has 0 aromatic carbocycles. The van der Waals surface area contributed by atoms with Crippen LogP contribution in [0.5, 0.6) is 0 Å². The van der Waals surface area contributed by atoms with E-state index < -0.39 is 5.60 Å². The monoisotopic (exact) mass is 308 g/mol. The van der Waals surface area contributed by atoms with Crippen LogP contribution < -0.4 is 10.6 Å². The van der Waals surface area contributed by atoms with E-state index in [9.17, 15) is 9.90 Å². The summed E-state index contributed by atoms with van der Waals surface area (Å²) in [4.78, 5) is 12.0. The first-order chi connectivity index (χ1) is 10.4. The average Bonchev–Trinajstić information content (AvgIpc) is 2.94. The van der Waals surface area contributed by atoms with Gasteiger partial charge in [0.15, 0.2) is 0 Å². The molecule has 6 nitrogen and oxygen atoms in total. The van der Waals surface area contributed by atoms with Crippen molar-refractivity contribution in [3.05, 3.63) is 18.0 Å². The van der Waals surface area contributed by atoms with E-state index in [2.05, 4.69) is 22.7 Å². The van der Waals surface area contributed by atoms with Crippen molar-refractivity contribution in [1.29, 1.82) is 0 Å². The highest BCUT2D eigenvalue weighted by Crippen LogP contribution is 2.26. The van der Waals surface area contributed by atoms with Gasteiger partial charge in [0.2, 0.25) is 0 Å². The number of aromatic nitrogens is 2. The van der Waals surface area contributed by atoms with Crippen molar-refractivity contribution in [2.45, 2.75) is 57.6 Å². The zero-order valence-corrected chi connectivity index (χ0v) is 13.8. The summed E-state index contributed by atoms with van der Waals surface area (Å²) in [7, 11) is 1.80. The lowest BCUT2D eigenvalue weighted by Crippen LogP contribution is -2.47. The molecule has 0 radical (unpaired) electrons. The maximum Gasteiger partial charge on any atom is 0.315 e. The molecular formula is C16H28N4O2. The molecular weight excluding hydrogens is 280 g/mol. The van der Waals surface area contributed by atoms with Gasteiger partial charge in [0.05, 0.1) is 12.7 Å². The number of carbonyl (C=O) groups is 1. The molecule has 0 aliphatic heterocycles. The minimum atomic E-state index is -1.12. The number of nitrogens with one attached hydrogen (secondary N) is 2. The van der Waals surface area contributed by atoms with Crippen LogP contribution in [0.3, 0.4) is 0 Å². The average molecular weight is 308 g/mol. The second-order valence-corrected chi connectivity index (χ2v) is 6.63. The Hall–Kier alpha value is -1.56. The number of aliphatic hydroxyl groups is 1. The van der Waals surface area contributed by atoms with Crippen LogP contribution in [-0.4, -0.2) is 33.5 Å². The summed E-state index contributed by atoms with van der Waals surface area (Å²) in [5.74, 6) is 0.812. The molecule has 6 heteroatoms. The van der Waals surface area contributed by atoms with E-state index in [-0.39, 0.29) is 18.6 Å². The highest BCUT2D eigenvalue weighted by molar-refractivity contribution is 5.74. The summed E-state index contributed by atoms with van der Waals surface area (Å²) in [6, 6.07) is 0.0512. The van der Waals surface area contributed by atoms with Crippen molar-refractivity contribution in [3.63, 3.8) is 0 Å². The summed E-state index contributed by atoms with van der Waals surface area (Å²) in [5.41, 5.74) is -0.426. The third-order valence-electron chi connectivity index (χ3n) is 4.68. The Balaban J connectivity index is 1.76. The van der Waals surface area contributed by atoms with Gasteiger partial charge in [0, 0.05) is 24.8 Å².